The van der Waals surface area contributed by atoms with Crippen molar-refractivity contribution in [2.45, 2.75) is 12.5 Å². The Morgan fingerprint density at radius 1 is 1.43 bits per heavy atom. The minimum Gasteiger partial charge on any atom is -0.374 e. The zero-order valence-corrected chi connectivity index (χ0v) is 12.3. The summed E-state index contributed by atoms with van der Waals surface area (Å²) in [5.41, 5.74) is 5.95. The number of urea groups is 1. The van der Waals surface area contributed by atoms with Gasteiger partial charge in [-0.15, -0.1) is 0 Å². The van der Waals surface area contributed by atoms with Crippen molar-refractivity contribution >= 4 is 23.5 Å². The lowest BCUT2D eigenvalue weighted by molar-refractivity contribution is -0.137. The Morgan fingerprint density at radius 3 is 2.90 bits per heavy atom. The molecule has 0 unspecified atom stereocenters. The molecule has 1 heterocycles. The molecule has 1 aromatic rings. The second-order valence-electron chi connectivity index (χ2n) is 4.85. The van der Waals surface area contributed by atoms with Crippen LogP contribution < -0.4 is 11.1 Å². The van der Waals surface area contributed by atoms with Gasteiger partial charge < -0.3 is 20.7 Å². The highest BCUT2D eigenvalue weighted by molar-refractivity contribution is 6.31. The summed E-state index contributed by atoms with van der Waals surface area (Å²) in [4.78, 5) is 24.2. The summed E-state index contributed by atoms with van der Waals surface area (Å²) < 4.78 is 5.68. The molecule has 2 rings (SSSR count). The SMILES string of the molecule is NC(=O)NCC(=O)N1CCO[C@H](Cc2ccccc2Cl)C1. The standard InChI is InChI=1S/C14H18ClN3O3/c15-12-4-2-1-3-10(12)7-11-9-18(5-6-21-11)13(19)8-17-14(16)20/h1-4,11H,5-9H2,(H3,16,17,20)/t11-/m1/s1. The van der Waals surface area contributed by atoms with Crippen LogP contribution in [-0.2, 0) is 16.0 Å². The van der Waals surface area contributed by atoms with Crippen LogP contribution in [0, 0.1) is 0 Å². The number of nitrogens with zero attached hydrogens (tertiary/aromatic N) is 1. The summed E-state index contributed by atoms with van der Waals surface area (Å²) in [6.45, 7) is 1.37. The van der Waals surface area contributed by atoms with Gasteiger partial charge in [0, 0.05) is 24.5 Å². The molecule has 1 aromatic carbocycles. The molecular formula is C14H18ClN3O3. The minimum absolute atomic E-state index is 0.0891. The van der Waals surface area contributed by atoms with Crippen LogP contribution in [0.1, 0.15) is 5.56 Å². The lowest BCUT2D eigenvalue weighted by Gasteiger charge is -2.33. The highest BCUT2D eigenvalue weighted by atomic mass is 35.5. The highest BCUT2D eigenvalue weighted by Crippen LogP contribution is 2.19. The van der Waals surface area contributed by atoms with E-state index in [1.165, 1.54) is 0 Å². The molecule has 0 saturated carbocycles. The molecule has 3 N–H and O–H groups in total. The van der Waals surface area contributed by atoms with Gasteiger partial charge in [0.2, 0.25) is 5.91 Å². The van der Waals surface area contributed by atoms with Crippen LogP contribution >= 0.6 is 11.6 Å². The Bertz CT molecular complexity index is 524. The van der Waals surface area contributed by atoms with Crippen molar-refractivity contribution in [1.82, 2.24) is 10.2 Å². The van der Waals surface area contributed by atoms with Gasteiger partial charge in [-0.25, -0.2) is 4.79 Å². The van der Waals surface area contributed by atoms with Crippen LogP contribution in [0.15, 0.2) is 24.3 Å². The number of amides is 3. The molecule has 1 fully saturated rings. The molecule has 7 heteroatoms. The second-order valence-corrected chi connectivity index (χ2v) is 5.25. The van der Waals surface area contributed by atoms with Gasteiger partial charge in [-0.3, -0.25) is 4.79 Å². The number of hydrogen-bond acceptors (Lipinski definition) is 3. The van der Waals surface area contributed by atoms with E-state index in [0.717, 1.165) is 5.56 Å². The zero-order valence-electron chi connectivity index (χ0n) is 11.5. The normalized spacial score (nSPS) is 18.3. The van der Waals surface area contributed by atoms with Crippen LogP contribution in [0.4, 0.5) is 4.79 Å². The quantitative estimate of drug-likeness (QED) is 0.861. The smallest absolute Gasteiger partial charge is 0.312 e. The molecule has 1 atom stereocenters. The Morgan fingerprint density at radius 2 is 2.19 bits per heavy atom. The topological polar surface area (TPSA) is 84.7 Å². The molecule has 1 aliphatic rings. The Hall–Kier alpha value is -1.79. The maximum absolute atomic E-state index is 11.9. The molecule has 0 radical (unpaired) electrons. The second kappa shape index (κ2) is 7.28. The van der Waals surface area contributed by atoms with Gasteiger partial charge in [0.15, 0.2) is 0 Å². The van der Waals surface area contributed by atoms with E-state index in [1.807, 2.05) is 24.3 Å². The molecular weight excluding hydrogens is 294 g/mol. The van der Waals surface area contributed by atoms with Gasteiger partial charge >= 0.3 is 6.03 Å². The molecule has 0 bridgehead atoms. The van der Waals surface area contributed by atoms with E-state index < -0.39 is 6.03 Å². The monoisotopic (exact) mass is 311 g/mol. The lowest BCUT2D eigenvalue weighted by Crippen LogP contribution is -2.50. The fourth-order valence-electron chi connectivity index (χ4n) is 2.25. The van der Waals surface area contributed by atoms with Crippen molar-refractivity contribution in [3.05, 3.63) is 34.9 Å². The predicted molar refractivity (Wildman–Crippen MR) is 79.1 cm³/mol. The number of nitrogens with two attached hydrogens (primary N) is 1. The van der Waals surface area contributed by atoms with E-state index in [4.69, 9.17) is 22.1 Å². The maximum Gasteiger partial charge on any atom is 0.312 e. The van der Waals surface area contributed by atoms with Gasteiger partial charge in [-0.2, -0.15) is 0 Å². The van der Waals surface area contributed by atoms with Crippen molar-refractivity contribution in [3.8, 4) is 0 Å². The molecule has 0 spiro atoms. The first kappa shape index (κ1) is 15.6. The van der Waals surface area contributed by atoms with Crippen molar-refractivity contribution in [1.29, 1.82) is 0 Å². The summed E-state index contributed by atoms with van der Waals surface area (Å²) in [6.07, 6.45) is 0.545. The van der Waals surface area contributed by atoms with Crippen molar-refractivity contribution in [2.24, 2.45) is 5.73 Å². The lowest BCUT2D eigenvalue weighted by atomic mass is 10.1. The van der Waals surface area contributed by atoms with Crippen molar-refractivity contribution < 1.29 is 14.3 Å². The fraction of sp³-hybridized carbons (Fsp3) is 0.429. The third kappa shape index (κ3) is 4.61. The third-order valence-corrected chi connectivity index (χ3v) is 3.68. The molecule has 6 nitrogen and oxygen atoms in total. The van der Waals surface area contributed by atoms with Gasteiger partial charge in [0.05, 0.1) is 19.3 Å². The molecule has 0 aromatic heterocycles. The summed E-state index contributed by atoms with van der Waals surface area (Å²) in [6, 6.07) is 6.87. The Balaban J connectivity index is 1.90. The van der Waals surface area contributed by atoms with E-state index >= 15 is 0 Å². The number of rotatable bonds is 4. The zero-order chi connectivity index (χ0) is 15.2. The third-order valence-electron chi connectivity index (χ3n) is 3.31. The van der Waals surface area contributed by atoms with E-state index in [-0.39, 0.29) is 18.6 Å². The number of primary amides is 1. The van der Waals surface area contributed by atoms with Gasteiger partial charge in [-0.1, -0.05) is 29.8 Å². The average Bonchev–Trinajstić information content (AvgIpc) is 2.47. The van der Waals surface area contributed by atoms with Crippen LogP contribution in [0.25, 0.3) is 0 Å². The maximum atomic E-state index is 11.9. The van der Waals surface area contributed by atoms with Gasteiger partial charge in [0.1, 0.15) is 0 Å². The van der Waals surface area contributed by atoms with E-state index in [0.29, 0.717) is 31.1 Å². The molecule has 1 aliphatic heterocycles. The van der Waals surface area contributed by atoms with Gasteiger partial charge in [0.25, 0.3) is 0 Å². The molecule has 0 aliphatic carbocycles. The number of halogens is 1. The average molecular weight is 312 g/mol. The van der Waals surface area contributed by atoms with E-state index in [9.17, 15) is 9.59 Å². The van der Waals surface area contributed by atoms with E-state index in [2.05, 4.69) is 5.32 Å². The summed E-state index contributed by atoms with van der Waals surface area (Å²) >= 11 is 6.13. The summed E-state index contributed by atoms with van der Waals surface area (Å²) in [7, 11) is 0. The number of nitrogens with one attached hydrogen (secondary N) is 1. The Labute approximate surface area is 128 Å². The van der Waals surface area contributed by atoms with Crippen molar-refractivity contribution in [3.63, 3.8) is 0 Å². The van der Waals surface area contributed by atoms with Crippen LogP contribution in [-0.4, -0.2) is 49.2 Å². The van der Waals surface area contributed by atoms with Crippen LogP contribution in [0.2, 0.25) is 5.02 Å². The number of carbonyl (C=O) groups excluding carboxylic acids is 2. The number of carbonyl (C=O) groups is 2. The molecule has 21 heavy (non-hydrogen) atoms. The predicted octanol–water partition coefficient (Wildman–Crippen LogP) is 0.778. The van der Waals surface area contributed by atoms with Crippen LogP contribution in [0.3, 0.4) is 0 Å². The first-order chi connectivity index (χ1) is 10.1. The largest absolute Gasteiger partial charge is 0.374 e. The number of hydrogen-bond donors (Lipinski definition) is 2. The first-order valence-corrected chi connectivity index (χ1v) is 7.10. The summed E-state index contributed by atoms with van der Waals surface area (Å²) in [5.74, 6) is -0.166. The summed E-state index contributed by atoms with van der Waals surface area (Å²) in [5, 5.41) is 3.00. The van der Waals surface area contributed by atoms with E-state index in [1.54, 1.807) is 4.90 Å². The highest BCUT2D eigenvalue weighted by Gasteiger charge is 2.24. The van der Waals surface area contributed by atoms with Crippen LogP contribution in [0.5, 0.6) is 0 Å². The number of morpholine rings is 1. The number of ether oxygens (including phenoxy) is 1. The molecule has 1 saturated heterocycles. The number of benzene rings is 1. The van der Waals surface area contributed by atoms with Crippen molar-refractivity contribution in [2.75, 3.05) is 26.2 Å². The first-order valence-electron chi connectivity index (χ1n) is 6.72. The fourth-order valence-corrected chi connectivity index (χ4v) is 2.47. The Kier molecular flexibility index (Phi) is 5.41. The molecule has 114 valence electrons. The molecule has 3 amide bonds. The minimum atomic E-state index is -0.704. The van der Waals surface area contributed by atoms with Gasteiger partial charge in [-0.05, 0) is 11.6 Å².